The molecule has 186 valence electrons. The fourth-order valence-electron chi connectivity index (χ4n) is 5.95. The molecule has 1 spiro atoms. The number of terminal acetylenes is 1. The van der Waals surface area contributed by atoms with Crippen LogP contribution in [0.2, 0.25) is 5.02 Å². The van der Waals surface area contributed by atoms with E-state index >= 15 is 0 Å². The van der Waals surface area contributed by atoms with Crippen LogP contribution in [0.5, 0.6) is 0 Å². The Morgan fingerprint density at radius 1 is 1.08 bits per heavy atom. The molecule has 0 saturated heterocycles. The van der Waals surface area contributed by atoms with Gasteiger partial charge in [0, 0.05) is 47.0 Å². The first-order chi connectivity index (χ1) is 18.4. The molecule has 3 heterocycles. The number of Topliss-reactive ketones (excluding diaryl/α,β-unsaturated/α-hetero) is 1. The summed E-state index contributed by atoms with van der Waals surface area (Å²) in [6.07, 6.45) is 10.4. The molecule has 8 heteroatoms. The third-order valence-electron chi connectivity index (χ3n) is 7.38. The third-order valence-corrected chi connectivity index (χ3v) is 7.67. The number of allylic oxidation sites excluding steroid dienone is 1. The largest absolute Gasteiger partial charge is 0.309 e. The number of nitrogens with zero attached hydrogens (tertiary/aromatic N) is 4. The van der Waals surface area contributed by atoms with Crippen molar-refractivity contribution in [3.05, 3.63) is 100 Å². The number of aromatic nitrogens is 1. The molecule has 0 saturated carbocycles. The molecule has 0 radical (unpaired) electrons. The fraction of sp³-hybridized carbons (Fsp3) is 0.167. The molecular formula is C30H20ClFN4O2. The summed E-state index contributed by atoms with van der Waals surface area (Å²) in [6, 6.07) is 17.3. The van der Waals surface area contributed by atoms with Crippen LogP contribution in [0.25, 0.3) is 5.82 Å². The van der Waals surface area contributed by atoms with Crippen molar-refractivity contribution in [3.63, 3.8) is 0 Å². The number of halogens is 2. The van der Waals surface area contributed by atoms with Crippen LogP contribution in [-0.2, 0) is 15.0 Å². The Bertz CT molecular complexity index is 1670. The summed E-state index contributed by atoms with van der Waals surface area (Å²) in [4.78, 5) is 31.6. The number of carbonyl (C=O) groups is 2. The van der Waals surface area contributed by atoms with Crippen molar-refractivity contribution in [2.75, 3.05) is 16.3 Å². The van der Waals surface area contributed by atoms with Gasteiger partial charge in [0.1, 0.15) is 23.1 Å². The maximum absolute atomic E-state index is 14.5. The van der Waals surface area contributed by atoms with Crippen LogP contribution in [0.15, 0.2) is 83.8 Å². The second kappa shape index (κ2) is 8.76. The van der Waals surface area contributed by atoms with E-state index in [0.29, 0.717) is 41.3 Å². The Morgan fingerprint density at radius 2 is 1.84 bits per heavy atom. The Hall–Kier alpha value is -4.59. The van der Waals surface area contributed by atoms with E-state index in [1.54, 1.807) is 64.3 Å². The zero-order valence-electron chi connectivity index (χ0n) is 20.1. The van der Waals surface area contributed by atoms with Gasteiger partial charge in [-0.05, 0) is 49.2 Å². The molecule has 3 aliphatic rings. The van der Waals surface area contributed by atoms with Crippen molar-refractivity contribution < 1.29 is 14.0 Å². The molecule has 38 heavy (non-hydrogen) atoms. The fourth-order valence-corrected chi connectivity index (χ4v) is 6.12. The third kappa shape index (κ3) is 3.06. The smallest absolute Gasteiger partial charge is 0.248 e. The van der Waals surface area contributed by atoms with Crippen molar-refractivity contribution in [1.29, 1.82) is 5.26 Å². The lowest BCUT2D eigenvalue weighted by Crippen LogP contribution is -2.51. The normalized spacial score (nSPS) is 20.5. The van der Waals surface area contributed by atoms with Crippen LogP contribution < -0.4 is 9.80 Å². The lowest BCUT2D eigenvalue weighted by Gasteiger charge is -2.45. The molecule has 3 aromatic rings. The van der Waals surface area contributed by atoms with Crippen LogP contribution in [0.4, 0.5) is 15.8 Å². The van der Waals surface area contributed by atoms with Crippen LogP contribution in [-0.4, -0.2) is 22.8 Å². The average molecular weight is 523 g/mol. The molecule has 1 aromatic heterocycles. The summed E-state index contributed by atoms with van der Waals surface area (Å²) in [6.45, 7) is -0.0107. The highest BCUT2D eigenvalue weighted by Gasteiger charge is 2.62. The number of carbonyl (C=O) groups excluding carboxylic acids is 2. The van der Waals surface area contributed by atoms with Crippen LogP contribution in [0.3, 0.4) is 0 Å². The lowest BCUT2D eigenvalue weighted by molar-refractivity contribution is -0.124. The van der Waals surface area contributed by atoms with E-state index in [1.807, 2.05) is 0 Å². The predicted molar refractivity (Wildman–Crippen MR) is 142 cm³/mol. The highest BCUT2D eigenvalue weighted by atomic mass is 35.5. The van der Waals surface area contributed by atoms with E-state index in [1.165, 1.54) is 17.0 Å². The first kappa shape index (κ1) is 23.8. The van der Waals surface area contributed by atoms with E-state index in [-0.39, 0.29) is 34.9 Å². The number of para-hydroxylation sites is 1. The number of hydrogen-bond acceptors (Lipinski definition) is 4. The summed E-state index contributed by atoms with van der Waals surface area (Å²) < 4.78 is 15.9. The molecule has 2 aromatic carbocycles. The second-order valence-corrected chi connectivity index (χ2v) is 9.70. The van der Waals surface area contributed by atoms with Crippen molar-refractivity contribution in [2.24, 2.45) is 0 Å². The van der Waals surface area contributed by atoms with Crippen molar-refractivity contribution in [2.45, 2.75) is 24.7 Å². The van der Waals surface area contributed by atoms with E-state index in [9.17, 15) is 19.2 Å². The summed E-state index contributed by atoms with van der Waals surface area (Å²) in [5, 5.41) is 10.7. The van der Waals surface area contributed by atoms with Gasteiger partial charge in [-0.25, -0.2) is 4.39 Å². The minimum Gasteiger partial charge on any atom is -0.309 e. The van der Waals surface area contributed by atoms with E-state index in [4.69, 9.17) is 18.0 Å². The van der Waals surface area contributed by atoms with Crippen molar-refractivity contribution in [3.8, 4) is 18.4 Å². The van der Waals surface area contributed by atoms with Gasteiger partial charge in [-0.2, -0.15) is 5.26 Å². The number of amides is 1. The predicted octanol–water partition coefficient (Wildman–Crippen LogP) is 5.42. The molecule has 6 rings (SSSR count). The first-order valence-electron chi connectivity index (χ1n) is 12.1. The highest BCUT2D eigenvalue weighted by molar-refractivity contribution is 6.31. The molecule has 0 unspecified atom stereocenters. The number of rotatable bonds is 3. The summed E-state index contributed by atoms with van der Waals surface area (Å²) >= 11 is 6.19. The lowest BCUT2D eigenvalue weighted by atomic mass is 9.63. The number of nitriles is 1. The SMILES string of the molecule is C#CCN1C(=O)[C@]2(C(C#N)=C(n3cccc3)N(c3ccc(F)c(Cl)c3)C3=C2C(=O)CCC3)c2ccccc21. The summed E-state index contributed by atoms with van der Waals surface area (Å²) in [7, 11) is 0. The van der Waals surface area contributed by atoms with Gasteiger partial charge in [-0.15, -0.1) is 6.42 Å². The standard InChI is InChI=1S/C30H20ClFN4O2/c1-2-14-35-24-9-4-3-8-20(24)30(29(35)38)21(18-33)28(34-15-5-6-16-34)36(19-12-13-23(32)22(31)17-19)25-10-7-11-26(37)27(25)30/h1,3-6,8-9,12-13,15-17H,7,10-11,14H2/t30-/m0/s1. The van der Waals surface area contributed by atoms with E-state index in [0.717, 1.165) is 0 Å². The summed E-state index contributed by atoms with van der Waals surface area (Å²) in [5.41, 5.74) is 0.837. The quantitative estimate of drug-likeness (QED) is 0.431. The maximum Gasteiger partial charge on any atom is 0.248 e. The van der Waals surface area contributed by atoms with Gasteiger partial charge in [0.05, 0.1) is 17.1 Å². The zero-order chi connectivity index (χ0) is 26.6. The highest BCUT2D eigenvalue weighted by Crippen LogP contribution is 2.58. The van der Waals surface area contributed by atoms with Crippen molar-refractivity contribution >= 4 is 40.5 Å². The minimum atomic E-state index is -1.67. The molecule has 1 atom stereocenters. The van der Waals surface area contributed by atoms with Crippen LogP contribution in [0, 0.1) is 29.5 Å². The van der Waals surface area contributed by atoms with Crippen LogP contribution in [0.1, 0.15) is 24.8 Å². The second-order valence-electron chi connectivity index (χ2n) is 9.30. The number of ketones is 1. The number of benzene rings is 2. The first-order valence-corrected chi connectivity index (χ1v) is 12.5. The topological polar surface area (TPSA) is 69.3 Å². The summed E-state index contributed by atoms with van der Waals surface area (Å²) in [5.74, 6) is 1.68. The van der Waals surface area contributed by atoms with Crippen molar-refractivity contribution in [1.82, 2.24) is 4.57 Å². The molecule has 1 amide bonds. The number of anilines is 2. The minimum absolute atomic E-state index is 0.0107. The Labute approximate surface area is 223 Å². The molecule has 0 N–H and O–H groups in total. The van der Waals surface area contributed by atoms with Gasteiger partial charge in [0.2, 0.25) is 5.91 Å². The number of fused-ring (bicyclic) bond motifs is 3. The van der Waals surface area contributed by atoms with Gasteiger partial charge in [-0.1, -0.05) is 35.7 Å². The molecular weight excluding hydrogens is 503 g/mol. The molecule has 0 fully saturated rings. The van der Waals surface area contributed by atoms with Gasteiger partial charge in [-0.3, -0.25) is 19.4 Å². The Kier molecular flexibility index (Phi) is 5.48. The monoisotopic (exact) mass is 522 g/mol. The zero-order valence-corrected chi connectivity index (χ0v) is 20.9. The maximum atomic E-state index is 14.5. The molecule has 1 aliphatic carbocycles. The van der Waals surface area contributed by atoms with Gasteiger partial charge < -0.3 is 4.57 Å². The number of hydrogen-bond donors (Lipinski definition) is 0. The molecule has 0 bridgehead atoms. The average Bonchev–Trinajstić information content (AvgIpc) is 3.53. The molecule has 6 nitrogen and oxygen atoms in total. The van der Waals surface area contributed by atoms with E-state index < -0.39 is 17.1 Å². The van der Waals surface area contributed by atoms with Gasteiger partial charge in [0.15, 0.2) is 5.78 Å². The Morgan fingerprint density at radius 3 is 2.55 bits per heavy atom. The van der Waals surface area contributed by atoms with Gasteiger partial charge in [0.25, 0.3) is 0 Å². The van der Waals surface area contributed by atoms with Gasteiger partial charge >= 0.3 is 0 Å². The van der Waals surface area contributed by atoms with Crippen LogP contribution >= 0.6 is 11.6 Å². The van der Waals surface area contributed by atoms with E-state index in [2.05, 4.69) is 12.0 Å². The Balaban J connectivity index is 1.78. The molecule has 2 aliphatic heterocycles.